The van der Waals surface area contributed by atoms with Gasteiger partial charge in [-0.3, -0.25) is 4.79 Å². The Balaban J connectivity index is 1.99. The highest BCUT2D eigenvalue weighted by molar-refractivity contribution is 6.63. The lowest BCUT2D eigenvalue weighted by molar-refractivity contribution is -0.121. The van der Waals surface area contributed by atoms with E-state index in [1.807, 2.05) is 0 Å². The van der Waals surface area contributed by atoms with Crippen molar-refractivity contribution in [1.29, 1.82) is 0 Å². The van der Waals surface area contributed by atoms with Crippen molar-refractivity contribution in [3.05, 3.63) is 11.6 Å². The minimum Gasteiger partial charge on any atom is -0.291 e. The van der Waals surface area contributed by atoms with Crippen LogP contribution in [0, 0.1) is 5.92 Å². The molecule has 0 bridgehead atoms. The molecule has 0 heterocycles. The number of hydrogen-bond donors (Lipinski definition) is 0. The maximum atomic E-state index is 11.9. The summed E-state index contributed by atoms with van der Waals surface area (Å²) in [5.74, 6) is 0.0276. The number of fused-ring (bicyclic) bond motifs is 1. The molecule has 0 amide bonds. The zero-order valence-electron chi connectivity index (χ0n) is 10.9. The zero-order chi connectivity index (χ0) is 13.0. The standard InChI is InChI=1S/C15H22Cl2O/c16-15(17)13-11-9-7-5-3-1-2-4-6-8-10-12(13)14(15)18/h10,13H,1-9,11H2/b12-10-. The van der Waals surface area contributed by atoms with Gasteiger partial charge < -0.3 is 0 Å². The van der Waals surface area contributed by atoms with Gasteiger partial charge in [0.1, 0.15) is 0 Å². The lowest BCUT2D eigenvalue weighted by atomic mass is 9.73. The Kier molecular flexibility index (Phi) is 5.14. The molecule has 0 aromatic carbocycles. The van der Waals surface area contributed by atoms with E-state index in [1.54, 1.807) is 0 Å². The lowest BCUT2D eigenvalue weighted by Crippen LogP contribution is -2.50. The van der Waals surface area contributed by atoms with Gasteiger partial charge in [-0.1, -0.05) is 74.2 Å². The number of alkyl halides is 2. The van der Waals surface area contributed by atoms with Gasteiger partial charge >= 0.3 is 0 Å². The fourth-order valence-corrected chi connectivity index (χ4v) is 3.68. The van der Waals surface area contributed by atoms with Crippen molar-refractivity contribution in [3.8, 4) is 0 Å². The minimum atomic E-state index is -1.13. The van der Waals surface area contributed by atoms with Crippen molar-refractivity contribution in [1.82, 2.24) is 0 Å². The summed E-state index contributed by atoms with van der Waals surface area (Å²) in [6, 6.07) is 0. The molecule has 102 valence electrons. The largest absolute Gasteiger partial charge is 0.291 e. The molecule has 0 aromatic rings. The molecule has 1 unspecified atom stereocenters. The highest BCUT2D eigenvalue weighted by atomic mass is 35.5. The van der Waals surface area contributed by atoms with Gasteiger partial charge in [-0.05, 0) is 19.3 Å². The topological polar surface area (TPSA) is 17.1 Å². The van der Waals surface area contributed by atoms with Crippen LogP contribution in [0.15, 0.2) is 11.6 Å². The average Bonchev–Trinajstić information content (AvgIpc) is 2.37. The van der Waals surface area contributed by atoms with Gasteiger partial charge in [-0.2, -0.15) is 0 Å². The molecular formula is C15H22Cl2O. The first kappa shape index (κ1) is 14.4. The third kappa shape index (κ3) is 3.11. The number of hydrogen-bond acceptors (Lipinski definition) is 1. The van der Waals surface area contributed by atoms with Gasteiger partial charge in [0, 0.05) is 11.5 Å². The Hall–Kier alpha value is -0.0100. The quantitative estimate of drug-likeness (QED) is 0.560. The maximum absolute atomic E-state index is 11.9. The van der Waals surface area contributed by atoms with Crippen LogP contribution in [0.3, 0.4) is 0 Å². The van der Waals surface area contributed by atoms with E-state index in [-0.39, 0.29) is 11.7 Å². The molecule has 18 heavy (non-hydrogen) atoms. The number of halogens is 2. The molecular weight excluding hydrogens is 267 g/mol. The number of allylic oxidation sites excluding steroid dienone is 2. The van der Waals surface area contributed by atoms with Crippen LogP contribution in [0.1, 0.15) is 64.2 Å². The van der Waals surface area contributed by atoms with Crippen LogP contribution in [0.2, 0.25) is 0 Å². The first-order valence-corrected chi connectivity index (χ1v) is 8.02. The second-order valence-electron chi connectivity index (χ2n) is 5.57. The van der Waals surface area contributed by atoms with Crippen molar-refractivity contribution in [2.45, 2.75) is 68.5 Å². The molecule has 0 saturated heterocycles. The van der Waals surface area contributed by atoms with E-state index in [0.29, 0.717) is 0 Å². The van der Waals surface area contributed by atoms with Crippen molar-refractivity contribution >= 4 is 29.0 Å². The Morgan fingerprint density at radius 2 is 1.50 bits per heavy atom. The highest BCUT2D eigenvalue weighted by Crippen LogP contribution is 2.51. The number of carbonyl (C=O) groups is 1. The second-order valence-corrected chi connectivity index (χ2v) is 6.96. The molecule has 1 fully saturated rings. The number of carbonyl (C=O) groups excluding carboxylic acids is 1. The molecule has 1 atom stereocenters. The van der Waals surface area contributed by atoms with E-state index in [1.165, 1.54) is 44.9 Å². The second kappa shape index (κ2) is 6.43. The van der Waals surface area contributed by atoms with E-state index < -0.39 is 4.33 Å². The Morgan fingerprint density at radius 1 is 0.944 bits per heavy atom. The molecule has 0 aliphatic heterocycles. The fraction of sp³-hybridized carbons (Fsp3) is 0.800. The molecule has 2 aliphatic rings. The van der Waals surface area contributed by atoms with Gasteiger partial charge in [0.15, 0.2) is 10.1 Å². The van der Waals surface area contributed by atoms with Crippen molar-refractivity contribution < 1.29 is 4.79 Å². The van der Waals surface area contributed by atoms with Crippen LogP contribution in [0.4, 0.5) is 0 Å². The van der Waals surface area contributed by atoms with Crippen molar-refractivity contribution in [2.24, 2.45) is 5.92 Å². The maximum Gasteiger partial charge on any atom is 0.195 e. The van der Waals surface area contributed by atoms with Crippen molar-refractivity contribution in [3.63, 3.8) is 0 Å². The summed E-state index contributed by atoms with van der Waals surface area (Å²) in [5.41, 5.74) is 0.902. The molecule has 0 aromatic heterocycles. The molecule has 2 aliphatic carbocycles. The van der Waals surface area contributed by atoms with E-state index in [2.05, 4.69) is 6.08 Å². The summed E-state index contributed by atoms with van der Waals surface area (Å²) in [5, 5.41) is 0. The first-order valence-electron chi connectivity index (χ1n) is 7.26. The summed E-state index contributed by atoms with van der Waals surface area (Å²) >= 11 is 12.3. The van der Waals surface area contributed by atoms with Gasteiger partial charge in [0.05, 0.1) is 0 Å². The van der Waals surface area contributed by atoms with Gasteiger partial charge in [0.2, 0.25) is 0 Å². The smallest absolute Gasteiger partial charge is 0.195 e. The summed E-state index contributed by atoms with van der Waals surface area (Å²) in [7, 11) is 0. The number of rotatable bonds is 0. The first-order chi connectivity index (χ1) is 8.64. The molecule has 1 nitrogen and oxygen atoms in total. The summed E-state index contributed by atoms with van der Waals surface area (Å²) in [6.07, 6.45) is 14.2. The van der Waals surface area contributed by atoms with Crippen LogP contribution in [-0.4, -0.2) is 10.1 Å². The Labute approximate surface area is 120 Å². The Morgan fingerprint density at radius 3 is 2.17 bits per heavy atom. The predicted molar refractivity (Wildman–Crippen MR) is 77.2 cm³/mol. The van der Waals surface area contributed by atoms with Gasteiger partial charge in [-0.15, -0.1) is 0 Å². The summed E-state index contributed by atoms with van der Waals surface area (Å²) in [4.78, 5) is 11.9. The van der Waals surface area contributed by atoms with Crippen LogP contribution in [0.5, 0.6) is 0 Å². The average molecular weight is 289 g/mol. The number of ketones is 1. The van der Waals surface area contributed by atoms with E-state index in [9.17, 15) is 4.79 Å². The van der Waals surface area contributed by atoms with Crippen LogP contribution in [0.25, 0.3) is 0 Å². The van der Waals surface area contributed by atoms with Crippen molar-refractivity contribution in [2.75, 3.05) is 0 Å². The Bertz CT molecular complexity index is 333. The number of Topliss-reactive ketones (excluding diaryl/α,β-unsaturated/α-hetero) is 1. The third-order valence-electron chi connectivity index (χ3n) is 4.19. The molecule has 1 saturated carbocycles. The van der Waals surface area contributed by atoms with E-state index in [4.69, 9.17) is 23.2 Å². The summed E-state index contributed by atoms with van der Waals surface area (Å²) < 4.78 is -1.13. The fourth-order valence-electron chi connectivity index (χ4n) is 3.01. The van der Waals surface area contributed by atoms with Crippen LogP contribution < -0.4 is 0 Å². The molecule has 2 rings (SSSR count). The monoisotopic (exact) mass is 288 g/mol. The van der Waals surface area contributed by atoms with Gasteiger partial charge in [0.25, 0.3) is 0 Å². The van der Waals surface area contributed by atoms with E-state index in [0.717, 1.165) is 24.8 Å². The molecule has 0 radical (unpaired) electrons. The third-order valence-corrected chi connectivity index (χ3v) is 5.06. The zero-order valence-corrected chi connectivity index (χ0v) is 12.4. The molecule has 0 N–H and O–H groups in total. The minimum absolute atomic E-state index is 0.0503. The normalized spacial score (nSPS) is 32.9. The molecule has 3 heteroatoms. The van der Waals surface area contributed by atoms with Crippen LogP contribution >= 0.6 is 23.2 Å². The van der Waals surface area contributed by atoms with Crippen LogP contribution in [-0.2, 0) is 4.79 Å². The highest BCUT2D eigenvalue weighted by Gasteiger charge is 2.55. The van der Waals surface area contributed by atoms with E-state index >= 15 is 0 Å². The predicted octanol–water partition coefficient (Wildman–Crippen LogP) is 5.20. The molecule has 0 spiro atoms. The van der Waals surface area contributed by atoms with Gasteiger partial charge in [-0.25, -0.2) is 0 Å². The summed E-state index contributed by atoms with van der Waals surface area (Å²) in [6.45, 7) is 0. The lowest BCUT2D eigenvalue weighted by Gasteiger charge is -2.41. The SMILES string of the molecule is O=C1/C2=C\CCCCCCCCCCC2C1(Cl)Cl.